The largest absolute Gasteiger partial charge is 0.478 e. The topological polar surface area (TPSA) is 53.0 Å². The summed E-state index contributed by atoms with van der Waals surface area (Å²) in [7, 11) is 0. The Balaban J connectivity index is 2.00. The molecule has 7 heteroatoms. The van der Waals surface area contributed by atoms with Gasteiger partial charge in [0.05, 0.1) is 18.8 Å². The SMILES string of the molecule is CCSC1C(C(=O)O)=C(C)C=C(N2CCOCC2)N1Cc1ccc(Cl)cc1. The number of carbonyl (C=O) groups is 1. The van der Waals surface area contributed by atoms with Crippen molar-refractivity contribution in [3.8, 4) is 0 Å². The number of benzene rings is 1. The van der Waals surface area contributed by atoms with E-state index in [1.807, 2.05) is 37.3 Å². The molecule has 0 radical (unpaired) electrons. The Bertz CT molecular complexity index is 742. The molecule has 0 bridgehead atoms. The third kappa shape index (κ3) is 4.62. The third-order valence-corrected chi connectivity index (χ3v) is 6.14. The zero-order valence-corrected chi connectivity index (χ0v) is 17.2. The van der Waals surface area contributed by atoms with E-state index in [-0.39, 0.29) is 5.37 Å². The lowest BCUT2D eigenvalue weighted by molar-refractivity contribution is -0.133. The molecule has 5 nitrogen and oxygen atoms in total. The molecule has 1 unspecified atom stereocenters. The minimum atomic E-state index is -0.850. The Labute approximate surface area is 169 Å². The lowest BCUT2D eigenvalue weighted by Gasteiger charge is -2.44. The third-order valence-electron chi connectivity index (χ3n) is 4.75. The molecule has 0 saturated carbocycles. The summed E-state index contributed by atoms with van der Waals surface area (Å²) in [5.74, 6) is 1.06. The normalized spacial score (nSPS) is 20.7. The molecule has 1 fully saturated rings. The Morgan fingerprint density at radius 3 is 2.56 bits per heavy atom. The van der Waals surface area contributed by atoms with Gasteiger partial charge in [0.2, 0.25) is 0 Å². The van der Waals surface area contributed by atoms with Crippen molar-refractivity contribution in [3.05, 3.63) is 57.9 Å². The van der Waals surface area contributed by atoms with Gasteiger partial charge in [-0.1, -0.05) is 30.7 Å². The molecule has 0 aromatic heterocycles. The lowest BCUT2D eigenvalue weighted by atomic mass is 10.0. The Morgan fingerprint density at radius 2 is 1.96 bits per heavy atom. The first-order valence-corrected chi connectivity index (χ1v) is 10.5. The van der Waals surface area contributed by atoms with Crippen LogP contribution in [0.1, 0.15) is 19.4 Å². The monoisotopic (exact) mass is 408 g/mol. The van der Waals surface area contributed by atoms with Crippen LogP contribution in [0.5, 0.6) is 0 Å². The summed E-state index contributed by atoms with van der Waals surface area (Å²) in [5, 5.41) is 10.3. The molecular weight excluding hydrogens is 384 g/mol. The molecule has 1 saturated heterocycles. The molecule has 2 aliphatic rings. The Hall–Kier alpha value is -1.63. The first-order valence-electron chi connectivity index (χ1n) is 9.12. The number of thioether (sulfide) groups is 1. The summed E-state index contributed by atoms with van der Waals surface area (Å²) in [4.78, 5) is 16.5. The van der Waals surface area contributed by atoms with E-state index in [2.05, 4.69) is 16.7 Å². The van der Waals surface area contributed by atoms with E-state index < -0.39 is 5.97 Å². The summed E-state index contributed by atoms with van der Waals surface area (Å²) in [6.45, 7) is 7.57. The number of allylic oxidation sites excluding steroid dienone is 2. The zero-order valence-electron chi connectivity index (χ0n) is 15.7. The zero-order chi connectivity index (χ0) is 19.4. The van der Waals surface area contributed by atoms with Crippen LogP contribution in [-0.4, -0.2) is 58.3 Å². The average molecular weight is 409 g/mol. The number of aliphatic carboxylic acids is 1. The number of carboxylic acids is 1. The van der Waals surface area contributed by atoms with Crippen molar-refractivity contribution in [2.45, 2.75) is 25.8 Å². The van der Waals surface area contributed by atoms with E-state index in [0.717, 1.165) is 35.8 Å². The van der Waals surface area contributed by atoms with Crippen LogP contribution in [0.25, 0.3) is 0 Å². The minimum Gasteiger partial charge on any atom is -0.478 e. The Kier molecular flexibility index (Phi) is 6.73. The van der Waals surface area contributed by atoms with Crippen LogP contribution in [0.2, 0.25) is 5.02 Å². The van der Waals surface area contributed by atoms with E-state index in [9.17, 15) is 9.90 Å². The van der Waals surface area contributed by atoms with Gasteiger partial charge < -0.3 is 19.6 Å². The highest BCUT2D eigenvalue weighted by Gasteiger charge is 2.35. The maximum absolute atomic E-state index is 12.0. The van der Waals surface area contributed by atoms with E-state index >= 15 is 0 Å². The second kappa shape index (κ2) is 9.04. The first-order chi connectivity index (χ1) is 13.0. The predicted molar refractivity (Wildman–Crippen MR) is 110 cm³/mol. The molecule has 1 N–H and O–H groups in total. The summed E-state index contributed by atoms with van der Waals surface area (Å²) in [6.07, 6.45) is 2.01. The van der Waals surface area contributed by atoms with Gasteiger partial charge in [-0.25, -0.2) is 4.79 Å². The van der Waals surface area contributed by atoms with Crippen LogP contribution in [0.3, 0.4) is 0 Å². The van der Waals surface area contributed by atoms with Gasteiger partial charge in [0, 0.05) is 24.7 Å². The van der Waals surface area contributed by atoms with Gasteiger partial charge in [0.1, 0.15) is 11.2 Å². The van der Waals surface area contributed by atoms with Gasteiger partial charge in [0.15, 0.2) is 0 Å². The van der Waals surface area contributed by atoms with Gasteiger partial charge >= 0.3 is 5.97 Å². The van der Waals surface area contributed by atoms with Gasteiger partial charge in [-0.3, -0.25) is 0 Å². The fourth-order valence-corrected chi connectivity index (χ4v) is 4.70. The highest BCUT2D eigenvalue weighted by Crippen LogP contribution is 2.36. The standard InChI is InChI=1S/C20H25ClN2O3S/c1-3-27-19-18(20(24)25)14(2)12-17(22-8-10-26-11-9-22)23(19)13-15-4-6-16(21)7-5-15/h4-7,12,19H,3,8-11,13H2,1-2H3,(H,24,25). The van der Waals surface area contributed by atoms with Crippen molar-refractivity contribution in [2.24, 2.45) is 0 Å². The number of rotatable bonds is 6. The summed E-state index contributed by atoms with van der Waals surface area (Å²) in [5.41, 5.74) is 2.39. The van der Waals surface area contributed by atoms with Crippen LogP contribution >= 0.6 is 23.4 Å². The average Bonchev–Trinajstić information content (AvgIpc) is 2.66. The van der Waals surface area contributed by atoms with Gasteiger partial charge in [-0.2, -0.15) is 0 Å². The molecule has 3 rings (SSSR count). The van der Waals surface area contributed by atoms with Gasteiger partial charge in [-0.05, 0) is 42.0 Å². The predicted octanol–water partition coefficient (Wildman–Crippen LogP) is 3.81. The van der Waals surface area contributed by atoms with Crippen molar-refractivity contribution in [1.82, 2.24) is 9.80 Å². The molecule has 0 amide bonds. The maximum atomic E-state index is 12.0. The number of morpholine rings is 1. The minimum absolute atomic E-state index is 0.231. The molecule has 146 valence electrons. The summed E-state index contributed by atoms with van der Waals surface area (Å²) >= 11 is 7.68. The highest BCUT2D eigenvalue weighted by molar-refractivity contribution is 8.00. The van der Waals surface area contributed by atoms with Crippen molar-refractivity contribution < 1.29 is 14.6 Å². The van der Waals surface area contributed by atoms with Gasteiger partial charge in [-0.15, -0.1) is 11.8 Å². The molecule has 0 aliphatic carbocycles. The van der Waals surface area contributed by atoms with Crippen molar-refractivity contribution >= 4 is 29.3 Å². The second-order valence-electron chi connectivity index (χ2n) is 6.57. The molecule has 27 heavy (non-hydrogen) atoms. The number of hydrogen-bond donors (Lipinski definition) is 1. The quantitative estimate of drug-likeness (QED) is 0.772. The molecule has 0 spiro atoms. The lowest BCUT2D eigenvalue weighted by Crippen LogP contribution is -2.47. The summed E-state index contributed by atoms with van der Waals surface area (Å²) < 4.78 is 5.50. The van der Waals surface area contributed by atoms with Crippen LogP contribution in [0.15, 0.2) is 47.3 Å². The summed E-state index contributed by atoms with van der Waals surface area (Å²) in [6, 6.07) is 7.75. The van der Waals surface area contributed by atoms with Crippen LogP contribution in [0.4, 0.5) is 0 Å². The smallest absolute Gasteiger partial charge is 0.334 e. The van der Waals surface area contributed by atoms with Crippen LogP contribution < -0.4 is 0 Å². The molecule has 2 heterocycles. The van der Waals surface area contributed by atoms with E-state index in [1.165, 1.54) is 0 Å². The van der Waals surface area contributed by atoms with Crippen LogP contribution in [0, 0.1) is 0 Å². The van der Waals surface area contributed by atoms with Gasteiger partial charge in [0.25, 0.3) is 0 Å². The van der Waals surface area contributed by atoms with Crippen LogP contribution in [-0.2, 0) is 16.1 Å². The van der Waals surface area contributed by atoms with E-state index in [4.69, 9.17) is 16.3 Å². The number of halogens is 1. The van der Waals surface area contributed by atoms with Crippen molar-refractivity contribution in [1.29, 1.82) is 0 Å². The number of carboxylic acid groups (broad SMARTS) is 1. The second-order valence-corrected chi connectivity index (χ2v) is 8.36. The number of nitrogens with zero attached hydrogens (tertiary/aromatic N) is 2. The fraction of sp³-hybridized carbons (Fsp3) is 0.450. The van der Waals surface area contributed by atoms with E-state index in [1.54, 1.807) is 11.8 Å². The number of ether oxygens (including phenoxy) is 1. The fourth-order valence-electron chi connectivity index (χ4n) is 3.45. The molecule has 1 aromatic rings. The van der Waals surface area contributed by atoms with Crippen molar-refractivity contribution in [3.63, 3.8) is 0 Å². The highest BCUT2D eigenvalue weighted by atomic mass is 35.5. The molecule has 1 atom stereocenters. The first kappa shape index (κ1) is 20.1. The maximum Gasteiger partial charge on any atom is 0.334 e. The molecule has 2 aliphatic heterocycles. The molecule has 1 aromatic carbocycles. The molecular formula is C20H25ClN2O3S. The number of hydrogen-bond acceptors (Lipinski definition) is 5. The van der Waals surface area contributed by atoms with Crippen molar-refractivity contribution in [2.75, 3.05) is 32.1 Å². The Morgan fingerprint density at radius 1 is 1.30 bits per heavy atom. The van der Waals surface area contributed by atoms with E-state index in [0.29, 0.717) is 30.4 Å².